The van der Waals surface area contributed by atoms with E-state index in [-0.39, 0.29) is 23.7 Å². The number of amides is 1. The molecule has 198 valence electrons. The van der Waals surface area contributed by atoms with E-state index in [0.717, 1.165) is 24.0 Å². The van der Waals surface area contributed by atoms with Crippen molar-refractivity contribution in [1.82, 2.24) is 14.7 Å². The summed E-state index contributed by atoms with van der Waals surface area (Å²) in [7, 11) is 0. The maximum atomic E-state index is 12.8. The topological polar surface area (TPSA) is 87.9 Å². The highest BCUT2D eigenvalue weighted by Gasteiger charge is 2.39. The van der Waals surface area contributed by atoms with Gasteiger partial charge in [0.15, 0.2) is 5.65 Å². The second kappa shape index (κ2) is 9.59. The summed E-state index contributed by atoms with van der Waals surface area (Å²) in [5.41, 5.74) is 3.47. The lowest BCUT2D eigenvalue weighted by molar-refractivity contribution is -0.131. The Morgan fingerprint density at radius 3 is 2.63 bits per heavy atom. The van der Waals surface area contributed by atoms with Crippen LogP contribution in [0.2, 0.25) is 0 Å². The second-order valence-electron chi connectivity index (χ2n) is 9.86. The standard InChI is InChI=1S/C28H27F3N4O3/c1-17-12-18(6-7-22(17)26(37)34-27(2)8-9-27)24-15-33-25-23(32-11-10-28(29,30)31)14-21(16-35(24)25)38-20-5-3-4-19(36)13-20/h3-7,12-16,32,36H,8-11H2,1-2H3,(H,34,37). The van der Waals surface area contributed by atoms with E-state index in [4.69, 9.17) is 4.74 Å². The molecule has 2 aromatic heterocycles. The number of phenols is 1. The molecule has 0 aliphatic heterocycles. The molecule has 0 unspecified atom stereocenters. The van der Waals surface area contributed by atoms with Gasteiger partial charge < -0.3 is 20.5 Å². The van der Waals surface area contributed by atoms with Gasteiger partial charge in [-0.2, -0.15) is 13.2 Å². The lowest BCUT2D eigenvalue weighted by Crippen LogP contribution is -2.34. The number of alkyl halides is 3. The number of phenolic OH excluding ortho intramolecular Hbond substituents is 1. The molecule has 38 heavy (non-hydrogen) atoms. The minimum Gasteiger partial charge on any atom is -0.508 e. The Balaban J connectivity index is 1.50. The van der Waals surface area contributed by atoms with Crippen molar-refractivity contribution < 1.29 is 27.8 Å². The molecular weight excluding hydrogens is 497 g/mol. The fraction of sp³-hybridized carbons (Fsp3) is 0.286. The van der Waals surface area contributed by atoms with Gasteiger partial charge in [-0.05, 0) is 56.5 Å². The van der Waals surface area contributed by atoms with Gasteiger partial charge in [0.05, 0.1) is 30.2 Å². The molecule has 0 radical (unpaired) electrons. The summed E-state index contributed by atoms with van der Waals surface area (Å²) in [5, 5.41) is 15.7. The van der Waals surface area contributed by atoms with Gasteiger partial charge in [-0.1, -0.05) is 12.1 Å². The molecule has 3 N–H and O–H groups in total. The number of carbonyl (C=O) groups excluding carboxylic acids is 1. The number of halogens is 3. The normalized spacial score (nSPS) is 14.3. The molecule has 7 nitrogen and oxygen atoms in total. The molecule has 4 aromatic rings. The SMILES string of the molecule is Cc1cc(-c2cnc3c(NCCC(F)(F)F)cc(Oc4cccc(O)c4)cn23)ccc1C(=O)NC1(C)CC1. The minimum atomic E-state index is -4.30. The fourth-order valence-corrected chi connectivity index (χ4v) is 4.22. The summed E-state index contributed by atoms with van der Waals surface area (Å²) in [5.74, 6) is 0.598. The molecule has 10 heteroatoms. The van der Waals surface area contributed by atoms with Crippen LogP contribution in [0.25, 0.3) is 16.9 Å². The summed E-state index contributed by atoms with van der Waals surface area (Å²) in [4.78, 5) is 17.2. The second-order valence-corrected chi connectivity index (χ2v) is 9.86. The smallest absolute Gasteiger partial charge is 0.390 e. The van der Waals surface area contributed by atoms with Crippen LogP contribution in [0.4, 0.5) is 18.9 Å². The fourth-order valence-electron chi connectivity index (χ4n) is 4.22. The number of pyridine rings is 1. The van der Waals surface area contributed by atoms with E-state index in [1.807, 2.05) is 26.0 Å². The van der Waals surface area contributed by atoms with Gasteiger partial charge in [0.2, 0.25) is 0 Å². The maximum absolute atomic E-state index is 12.8. The molecule has 0 atom stereocenters. The highest BCUT2D eigenvalue weighted by molar-refractivity contribution is 5.97. The van der Waals surface area contributed by atoms with Crippen molar-refractivity contribution in [2.45, 2.75) is 44.8 Å². The monoisotopic (exact) mass is 524 g/mol. The van der Waals surface area contributed by atoms with Crippen LogP contribution in [-0.2, 0) is 0 Å². The van der Waals surface area contributed by atoms with E-state index in [1.165, 1.54) is 12.1 Å². The Labute approximate surface area is 217 Å². The highest BCUT2D eigenvalue weighted by Crippen LogP contribution is 2.35. The van der Waals surface area contributed by atoms with Crippen LogP contribution in [-0.4, -0.2) is 38.7 Å². The number of nitrogens with one attached hydrogen (secondary N) is 2. The quantitative estimate of drug-likeness (QED) is 0.246. The van der Waals surface area contributed by atoms with Crippen LogP contribution in [0.1, 0.15) is 42.1 Å². The summed E-state index contributed by atoms with van der Waals surface area (Å²) >= 11 is 0. The number of imidazole rings is 1. The zero-order valence-corrected chi connectivity index (χ0v) is 20.9. The average molecular weight is 525 g/mol. The number of nitrogens with zero attached hydrogens (tertiary/aromatic N) is 2. The first-order valence-electron chi connectivity index (χ1n) is 12.2. The predicted molar refractivity (Wildman–Crippen MR) is 138 cm³/mol. The number of carbonyl (C=O) groups is 1. The summed E-state index contributed by atoms with van der Waals surface area (Å²) in [6, 6.07) is 13.3. The van der Waals surface area contributed by atoms with Crippen LogP contribution in [0, 0.1) is 6.92 Å². The Kier molecular flexibility index (Phi) is 6.42. The van der Waals surface area contributed by atoms with Gasteiger partial charge in [-0.25, -0.2) is 4.98 Å². The number of benzene rings is 2. The van der Waals surface area contributed by atoms with Crippen LogP contribution in [0.5, 0.6) is 17.2 Å². The third-order valence-electron chi connectivity index (χ3n) is 6.54. The van der Waals surface area contributed by atoms with Gasteiger partial charge in [-0.3, -0.25) is 9.20 Å². The van der Waals surface area contributed by atoms with E-state index in [0.29, 0.717) is 34.1 Å². The summed E-state index contributed by atoms with van der Waals surface area (Å²) < 4.78 is 46.0. The average Bonchev–Trinajstić information content (AvgIpc) is 3.39. The molecular formula is C28H27F3N4O3. The molecule has 0 spiro atoms. The Morgan fingerprint density at radius 2 is 1.95 bits per heavy atom. The van der Waals surface area contributed by atoms with Gasteiger partial charge in [0.25, 0.3) is 5.91 Å². The van der Waals surface area contributed by atoms with E-state index in [1.54, 1.807) is 41.1 Å². The first-order chi connectivity index (χ1) is 18.0. The van der Waals surface area contributed by atoms with Gasteiger partial charge in [0.1, 0.15) is 17.2 Å². The van der Waals surface area contributed by atoms with Crippen LogP contribution in [0.3, 0.4) is 0 Å². The maximum Gasteiger partial charge on any atom is 0.390 e. The molecule has 0 bridgehead atoms. The number of aromatic hydroxyl groups is 1. The number of hydrogen-bond acceptors (Lipinski definition) is 5. The number of rotatable bonds is 8. The summed E-state index contributed by atoms with van der Waals surface area (Å²) in [6.07, 6.45) is -0.0785. The van der Waals surface area contributed by atoms with Crippen molar-refractivity contribution >= 4 is 17.2 Å². The van der Waals surface area contributed by atoms with E-state index in [9.17, 15) is 23.1 Å². The van der Waals surface area contributed by atoms with Crippen molar-refractivity contribution in [3.8, 4) is 28.5 Å². The van der Waals surface area contributed by atoms with Crippen LogP contribution in [0.15, 0.2) is 60.9 Å². The number of aryl methyl sites for hydroxylation is 1. The Hall–Kier alpha value is -4.21. The van der Waals surface area contributed by atoms with Crippen molar-refractivity contribution in [2.24, 2.45) is 0 Å². The third kappa shape index (κ3) is 5.69. The number of ether oxygens (including phenoxy) is 1. The van der Waals surface area contributed by atoms with Crippen LogP contribution >= 0.6 is 0 Å². The zero-order valence-electron chi connectivity index (χ0n) is 20.9. The third-order valence-corrected chi connectivity index (χ3v) is 6.54. The van der Waals surface area contributed by atoms with Gasteiger partial charge in [-0.15, -0.1) is 0 Å². The van der Waals surface area contributed by atoms with Gasteiger partial charge in [0, 0.05) is 35.3 Å². The molecule has 1 saturated carbocycles. The molecule has 2 heterocycles. The molecule has 2 aromatic carbocycles. The van der Waals surface area contributed by atoms with Crippen molar-refractivity contribution in [2.75, 3.05) is 11.9 Å². The van der Waals surface area contributed by atoms with Gasteiger partial charge >= 0.3 is 6.18 Å². The largest absolute Gasteiger partial charge is 0.508 e. The van der Waals surface area contributed by atoms with Crippen molar-refractivity contribution in [3.05, 3.63) is 72.1 Å². The lowest BCUT2D eigenvalue weighted by atomic mass is 10.0. The Bertz CT molecular complexity index is 1510. The first kappa shape index (κ1) is 25.4. The van der Waals surface area contributed by atoms with Crippen molar-refractivity contribution in [1.29, 1.82) is 0 Å². The van der Waals surface area contributed by atoms with Crippen LogP contribution < -0.4 is 15.4 Å². The van der Waals surface area contributed by atoms with E-state index >= 15 is 0 Å². The number of hydrogen-bond donors (Lipinski definition) is 3. The number of fused-ring (bicyclic) bond motifs is 1. The van der Waals surface area contributed by atoms with E-state index in [2.05, 4.69) is 15.6 Å². The zero-order chi connectivity index (χ0) is 27.1. The molecule has 1 aliphatic rings. The van der Waals surface area contributed by atoms with E-state index < -0.39 is 12.6 Å². The minimum absolute atomic E-state index is 0.0192. The Morgan fingerprint density at radius 1 is 1.16 bits per heavy atom. The lowest BCUT2D eigenvalue weighted by Gasteiger charge is -2.15. The highest BCUT2D eigenvalue weighted by atomic mass is 19.4. The number of anilines is 1. The number of aromatic nitrogens is 2. The molecule has 0 saturated heterocycles. The first-order valence-corrected chi connectivity index (χ1v) is 12.2. The van der Waals surface area contributed by atoms with Crippen molar-refractivity contribution in [3.63, 3.8) is 0 Å². The summed E-state index contributed by atoms with van der Waals surface area (Å²) in [6.45, 7) is 3.54. The molecule has 1 fully saturated rings. The predicted octanol–water partition coefficient (Wildman–Crippen LogP) is 6.45. The molecule has 5 rings (SSSR count). The molecule has 1 amide bonds. The molecule has 1 aliphatic carbocycles.